The van der Waals surface area contributed by atoms with Crippen LogP contribution in [0.1, 0.15) is 50.7 Å². The molecule has 2 aromatic heterocycles. The largest absolute Gasteiger partial charge is 0.375 e. The predicted octanol–water partition coefficient (Wildman–Crippen LogP) is 3.61. The van der Waals surface area contributed by atoms with Crippen molar-refractivity contribution in [3.63, 3.8) is 0 Å². The summed E-state index contributed by atoms with van der Waals surface area (Å²) in [5.41, 5.74) is 7.95. The van der Waals surface area contributed by atoms with Crippen LogP contribution in [0.2, 0.25) is 0 Å². The number of nitrogens with zero attached hydrogens (tertiary/aromatic N) is 6. The maximum Gasteiger partial charge on any atom is 0.259 e. The Kier molecular flexibility index (Phi) is 10.7. The van der Waals surface area contributed by atoms with E-state index in [4.69, 9.17) is 29.5 Å². The molecule has 1 fully saturated rings. The minimum absolute atomic E-state index is 0.158. The molecule has 4 rings (SSSR count). The summed E-state index contributed by atoms with van der Waals surface area (Å²) in [5.74, 6) is -0.0297. The third-order valence-electron chi connectivity index (χ3n) is 6.59. The van der Waals surface area contributed by atoms with Gasteiger partial charge in [-0.25, -0.2) is 19.6 Å². The highest BCUT2D eigenvalue weighted by Crippen LogP contribution is 2.47. The molecule has 0 spiro atoms. The zero-order chi connectivity index (χ0) is 29.5. The molecule has 1 amide bonds. The lowest BCUT2D eigenvalue weighted by Gasteiger charge is -2.36. The van der Waals surface area contributed by atoms with Gasteiger partial charge in [0.15, 0.2) is 23.2 Å². The molecule has 1 saturated heterocycles. The number of methoxy groups -OCH3 is 1. The first-order chi connectivity index (χ1) is 19.8. The van der Waals surface area contributed by atoms with Gasteiger partial charge in [-0.1, -0.05) is 18.2 Å². The van der Waals surface area contributed by atoms with Crippen LogP contribution < -0.4 is 11.1 Å². The minimum atomic E-state index is -1.46. The van der Waals surface area contributed by atoms with Crippen LogP contribution in [-0.4, -0.2) is 80.8 Å². The van der Waals surface area contributed by atoms with Crippen molar-refractivity contribution in [1.29, 1.82) is 5.26 Å². The smallest absolute Gasteiger partial charge is 0.259 e. The molecule has 0 bridgehead atoms. The molecular formula is C27H37N8O5P. The Bertz CT molecular complexity index is 1330. The fraction of sp³-hybridized carbons (Fsp3) is 0.519. The lowest BCUT2D eigenvalue weighted by atomic mass is 10.1. The van der Waals surface area contributed by atoms with Gasteiger partial charge in [-0.2, -0.15) is 5.26 Å². The quantitative estimate of drug-likeness (QED) is 0.223. The van der Waals surface area contributed by atoms with E-state index in [0.29, 0.717) is 16.7 Å². The molecule has 1 aliphatic rings. The van der Waals surface area contributed by atoms with E-state index in [1.54, 1.807) is 42.3 Å². The second-order valence-corrected chi connectivity index (χ2v) is 11.5. The molecule has 1 unspecified atom stereocenters. The van der Waals surface area contributed by atoms with Crippen LogP contribution in [0.25, 0.3) is 11.2 Å². The van der Waals surface area contributed by atoms with Crippen molar-refractivity contribution in [2.24, 2.45) is 5.73 Å². The molecule has 3 N–H and O–H groups in total. The maximum atomic E-state index is 12.7. The Hall–Kier alpha value is -3.08. The van der Waals surface area contributed by atoms with Gasteiger partial charge < -0.3 is 29.6 Å². The predicted molar refractivity (Wildman–Crippen MR) is 154 cm³/mol. The molecule has 0 saturated carbocycles. The van der Waals surface area contributed by atoms with E-state index >= 15 is 0 Å². The van der Waals surface area contributed by atoms with Gasteiger partial charge in [0.25, 0.3) is 14.4 Å². The van der Waals surface area contributed by atoms with E-state index in [2.05, 4.69) is 58.7 Å². The summed E-state index contributed by atoms with van der Waals surface area (Å²) >= 11 is 0. The fourth-order valence-corrected chi connectivity index (χ4v) is 6.36. The van der Waals surface area contributed by atoms with Crippen LogP contribution in [-0.2, 0) is 18.5 Å². The van der Waals surface area contributed by atoms with E-state index < -0.39 is 33.0 Å². The molecule has 0 radical (unpaired) electrons. The SMILES string of the molecule is CO[C@@H]1[C@H](N)[C@@H](COP(OCCC#N)N(C(C)C)C(C)C)O[C@H]1n1cnc2c(NC(=O)c3ccccc3)ncnc21. The monoisotopic (exact) mass is 584 g/mol. The third-order valence-corrected chi connectivity index (χ3v) is 8.66. The number of fused-ring (bicyclic) bond motifs is 1. The molecule has 13 nitrogen and oxygen atoms in total. The summed E-state index contributed by atoms with van der Waals surface area (Å²) in [5, 5.41) is 11.8. The lowest BCUT2D eigenvalue weighted by Crippen LogP contribution is -2.43. The topological polar surface area (TPSA) is 163 Å². The zero-order valence-electron chi connectivity index (χ0n) is 23.9. The molecule has 0 aliphatic carbocycles. The van der Waals surface area contributed by atoms with E-state index in [1.165, 1.54) is 6.33 Å². The Balaban J connectivity index is 1.52. The van der Waals surface area contributed by atoms with Crippen LogP contribution in [0.5, 0.6) is 0 Å². The van der Waals surface area contributed by atoms with Gasteiger partial charge >= 0.3 is 0 Å². The van der Waals surface area contributed by atoms with Crippen molar-refractivity contribution in [3.05, 3.63) is 48.5 Å². The molecule has 1 aromatic carbocycles. The van der Waals surface area contributed by atoms with Gasteiger partial charge in [0, 0.05) is 24.8 Å². The van der Waals surface area contributed by atoms with Gasteiger partial charge in [-0.3, -0.25) is 9.36 Å². The van der Waals surface area contributed by atoms with Crippen molar-refractivity contribution in [2.75, 3.05) is 25.6 Å². The number of benzene rings is 1. The first-order valence-electron chi connectivity index (χ1n) is 13.5. The van der Waals surface area contributed by atoms with E-state index in [0.717, 1.165) is 0 Å². The van der Waals surface area contributed by atoms with Gasteiger partial charge in [0.1, 0.15) is 18.5 Å². The molecular weight excluding hydrogens is 547 g/mol. The third kappa shape index (κ3) is 7.05. The van der Waals surface area contributed by atoms with Gasteiger partial charge in [-0.15, -0.1) is 0 Å². The summed E-state index contributed by atoms with van der Waals surface area (Å²) < 4.78 is 28.3. The van der Waals surface area contributed by atoms with Crippen molar-refractivity contribution >= 4 is 31.4 Å². The lowest BCUT2D eigenvalue weighted by molar-refractivity contribution is -0.0569. The highest BCUT2D eigenvalue weighted by atomic mass is 31.2. The van der Waals surface area contributed by atoms with Crippen LogP contribution >= 0.6 is 8.53 Å². The number of aromatic nitrogens is 4. The molecule has 220 valence electrons. The summed E-state index contributed by atoms with van der Waals surface area (Å²) in [7, 11) is 0.108. The summed E-state index contributed by atoms with van der Waals surface area (Å²) in [6.07, 6.45) is 1.49. The van der Waals surface area contributed by atoms with Crippen molar-refractivity contribution in [1.82, 2.24) is 24.2 Å². The molecule has 14 heteroatoms. The number of nitriles is 1. The Morgan fingerprint density at radius 1 is 1.20 bits per heavy atom. The number of nitrogens with two attached hydrogens (primary N) is 1. The fourth-order valence-electron chi connectivity index (χ4n) is 4.75. The zero-order valence-corrected chi connectivity index (χ0v) is 24.8. The number of imidazole rings is 1. The molecule has 1 aliphatic heterocycles. The van der Waals surface area contributed by atoms with E-state index in [1.807, 2.05) is 6.07 Å². The second-order valence-electron chi connectivity index (χ2n) is 10.1. The number of hydrogen-bond donors (Lipinski definition) is 2. The number of amides is 1. The summed E-state index contributed by atoms with van der Waals surface area (Å²) in [6.45, 7) is 8.72. The van der Waals surface area contributed by atoms with Crippen molar-refractivity contribution < 1.29 is 23.3 Å². The van der Waals surface area contributed by atoms with Gasteiger partial charge in [-0.05, 0) is 39.8 Å². The standard InChI is InChI=1S/C27H37N8O5P/c1-17(2)35(18(3)4)41(38-13-9-12-28)39-14-20-21(29)23(37-5)27(40-20)34-16-32-22-24(30-15-31-25(22)34)33-26(36)19-10-7-6-8-11-19/h6-8,10-11,15-18,20-21,23,27H,9,13-14,29H2,1-5H3,(H,30,31,33,36)/t20-,21-,23-,27-,41?/m1/s1. The number of ether oxygens (including phenoxy) is 2. The Morgan fingerprint density at radius 3 is 2.59 bits per heavy atom. The summed E-state index contributed by atoms with van der Waals surface area (Å²) in [4.78, 5) is 25.8. The first kappa shape index (κ1) is 30.9. The van der Waals surface area contributed by atoms with Crippen LogP contribution in [0.4, 0.5) is 5.82 Å². The van der Waals surface area contributed by atoms with Gasteiger partial charge in [0.2, 0.25) is 0 Å². The molecule has 5 atom stereocenters. The summed E-state index contributed by atoms with van der Waals surface area (Å²) in [6, 6.07) is 10.7. The van der Waals surface area contributed by atoms with Crippen LogP contribution in [0.15, 0.2) is 43.0 Å². The van der Waals surface area contributed by atoms with Crippen LogP contribution in [0, 0.1) is 11.3 Å². The van der Waals surface area contributed by atoms with Gasteiger partial charge in [0.05, 0.1) is 38.1 Å². The van der Waals surface area contributed by atoms with Crippen LogP contribution in [0.3, 0.4) is 0 Å². The number of rotatable bonds is 13. The van der Waals surface area contributed by atoms with E-state index in [9.17, 15) is 4.79 Å². The average Bonchev–Trinajstić information content (AvgIpc) is 3.52. The number of hydrogen-bond acceptors (Lipinski definition) is 11. The second kappa shape index (κ2) is 14.2. The van der Waals surface area contributed by atoms with Crippen molar-refractivity contribution in [3.8, 4) is 6.07 Å². The number of anilines is 1. The highest BCUT2D eigenvalue weighted by molar-refractivity contribution is 7.44. The van der Waals surface area contributed by atoms with E-state index in [-0.39, 0.29) is 43.4 Å². The Labute approximate surface area is 240 Å². The highest BCUT2D eigenvalue weighted by Gasteiger charge is 2.45. The first-order valence-corrected chi connectivity index (χ1v) is 14.6. The molecule has 3 heterocycles. The number of nitrogens with one attached hydrogen (secondary N) is 1. The normalized spacial score (nSPS) is 21.6. The van der Waals surface area contributed by atoms with Crippen molar-refractivity contribution in [2.45, 2.75) is 70.7 Å². The maximum absolute atomic E-state index is 12.7. The molecule has 41 heavy (non-hydrogen) atoms. The number of carbonyl (C=O) groups excluding carboxylic acids is 1. The average molecular weight is 585 g/mol. The Morgan fingerprint density at radius 2 is 1.93 bits per heavy atom. The molecule has 3 aromatic rings. The minimum Gasteiger partial charge on any atom is -0.375 e. The number of carbonyl (C=O) groups is 1.